The number of allylic oxidation sites excluding steroid dienone is 6. The zero-order valence-electron chi connectivity index (χ0n) is 9.62. The molecule has 0 saturated carbocycles. The zero-order valence-corrected chi connectivity index (χ0v) is 9.62. The Morgan fingerprint density at radius 1 is 1.27 bits per heavy atom. The van der Waals surface area contributed by atoms with E-state index in [-0.39, 0.29) is 0 Å². The number of H-pyrrole nitrogens is 1. The van der Waals surface area contributed by atoms with Gasteiger partial charge in [0.25, 0.3) is 0 Å². The van der Waals surface area contributed by atoms with E-state index in [1.54, 1.807) is 0 Å². The molecule has 0 fully saturated rings. The lowest BCUT2D eigenvalue weighted by Crippen LogP contribution is -1.77. The molecule has 1 aliphatic rings. The fourth-order valence-corrected chi connectivity index (χ4v) is 1.37. The minimum Gasteiger partial charge on any atom is -0.285 e. The largest absolute Gasteiger partial charge is 0.285 e. The molecule has 1 heterocycles. The molecule has 1 aliphatic carbocycles. The number of hydrogen-bond donors (Lipinski definition) is 1. The second-order valence-corrected chi connectivity index (χ2v) is 3.20. The maximum absolute atomic E-state index is 3.94. The van der Waals surface area contributed by atoms with Gasteiger partial charge < -0.3 is 0 Å². The predicted octanol–water partition coefficient (Wildman–Crippen LogP) is 3.73. The number of rotatable bonds is 1. The summed E-state index contributed by atoms with van der Waals surface area (Å²) in [5, 5.41) is 6.76. The van der Waals surface area contributed by atoms with Crippen molar-refractivity contribution < 1.29 is 0 Å². The van der Waals surface area contributed by atoms with Crippen LogP contribution < -0.4 is 0 Å². The van der Waals surface area contributed by atoms with Crippen molar-refractivity contribution >= 4 is 5.57 Å². The second-order valence-electron chi connectivity index (χ2n) is 3.20. The van der Waals surface area contributed by atoms with E-state index in [0.29, 0.717) is 0 Å². The standard InChI is InChI=1S/C11H12N2.C2H6/c1-9-3-2-4-10(6-5-9)11-7-12-13-8-11;1-2/h2-3,5-8H,4H2,1H3,(H,12,13);1-2H3. The fourth-order valence-electron chi connectivity index (χ4n) is 1.37. The van der Waals surface area contributed by atoms with Gasteiger partial charge in [0.2, 0.25) is 0 Å². The molecular weight excluding hydrogens is 184 g/mol. The number of hydrogen-bond acceptors (Lipinski definition) is 1. The molecule has 2 heteroatoms. The van der Waals surface area contributed by atoms with E-state index in [2.05, 4.69) is 41.4 Å². The molecule has 0 amide bonds. The van der Waals surface area contributed by atoms with Gasteiger partial charge in [0.05, 0.1) is 6.20 Å². The smallest absolute Gasteiger partial charge is 0.0562 e. The summed E-state index contributed by atoms with van der Waals surface area (Å²) in [4.78, 5) is 0. The summed E-state index contributed by atoms with van der Waals surface area (Å²) in [7, 11) is 0. The summed E-state index contributed by atoms with van der Waals surface area (Å²) in [6, 6.07) is 0. The van der Waals surface area contributed by atoms with Gasteiger partial charge in [0.15, 0.2) is 0 Å². The van der Waals surface area contributed by atoms with Crippen LogP contribution in [0.2, 0.25) is 0 Å². The molecule has 1 aromatic heterocycles. The number of aromatic nitrogens is 2. The van der Waals surface area contributed by atoms with Crippen molar-refractivity contribution in [2.24, 2.45) is 0 Å². The quantitative estimate of drug-likeness (QED) is 0.738. The van der Waals surface area contributed by atoms with Crippen LogP contribution in [-0.2, 0) is 0 Å². The third-order valence-electron chi connectivity index (χ3n) is 2.13. The van der Waals surface area contributed by atoms with Crippen LogP contribution in [0.3, 0.4) is 0 Å². The normalized spacial score (nSPS) is 14.6. The summed E-state index contributed by atoms with van der Waals surface area (Å²) in [6.45, 7) is 6.10. The van der Waals surface area contributed by atoms with E-state index in [0.717, 1.165) is 6.42 Å². The Hall–Kier alpha value is -1.57. The third kappa shape index (κ3) is 3.24. The molecule has 0 unspecified atom stereocenters. The topological polar surface area (TPSA) is 28.7 Å². The average molecular weight is 202 g/mol. The van der Waals surface area contributed by atoms with E-state index in [9.17, 15) is 0 Å². The molecule has 1 aromatic rings. The van der Waals surface area contributed by atoms with Crippen LogP contribution in [0.1, 0.15) is 32.8 Å². The summed E-state index contributed by atoms with van der Waals surface area (Å²) in [5.41, 5.74) is 3.77. The van der Waals surface area contributed by atoms with Crippen LogP contribution in [0.15, 0.2) is 42.3 Å². The van der Waals surface area contributed by atoms with E-state index < -0.39 is 0 Å². The Morgan fingerprint density at radius 3 is 2.73 bits per heavy atom. The first-order valence-corrected chi connectivity index (χ1v) is 5.39. The van der Waals surface area contributed by atoms with Crippen molar-refractivity contribution in [2.75, 3.05) is 0 Å². The summed E-state index contributed by atoms with van der Waals surface area (Å²) >= 11 is 0. The predicted molar refractivity (Wildman–Crippen MR) is 65.4 cm³/mol. The minimum absolute atomic E-state index is 0.980. The third-order valence-corrected chi connectivity index (χ3v) is 2.13. The lowest BCUT2D eigenvalue weighted by molar-refractivity contribution is 1.09. The van der Waals surface area contributed by atoms with E-state index in [1.807, 2.05) is 26.2 Å². The molecule has 0 bridgehead atoms. The van der Waals surface area contributed by atoms with Gasteiger partial charge in [-0.25, -0.2) is 0 Å². The van der Waals surface area contributed by atoms with Gasteiger partial charge in [-0.05, 0) is 18.9 Å². The Kier molecular flexibility index (Phi) is 4.61. The van der Waals surface area contributed by atoms with Crippen molar-refractivity contribution in [1.82, 2.24) is 10.2 Å². The minimum atomic E-state index is 0.980. The molecule has 0 atom stereocenters. The first-order valence-electron chi connectivity index (χ1n) is 5.39. The van der Waals surface area contributed by atoms with Crippen molar-refractivity contribution in [3.05, 3.63) is 47.8 Å². The highest BCUT2D eigenvalue weighted by atomic mass is 15.1. The Morgan fingerprint density at radius 2 is 2.07 bits per heavy atom. The van der Waals surface area contributed by atoms with Crippen molar-refractivity contribution in [3.8, 4) is 0 Å². The number of nitrogens with zero attached hydrogens (tertiary/aromatic N) is 1. The highest BCUT2D eigenvalue weighted by Crippen LogP contribution is 2.20. The molecule has 0 spiro atoms. The lowest BCUT2D eigenvalue weighted by atomic mass is 10.1. The van der Waals surface area contributed by atoms with Gasteiger partial charge in [0, 0.05) is 11.8 Å². The molecule has 0 aromatic carbocycles. The maximum Gasteiger partial charge on any atom is 0.0562 e. The Bertz CT molecular complexity index is 367. The van der Waals surface area contributed by atoms with E-state index in [4.69, 9.17) is 0 Å². The van der Waals surface area contributed by atoms with Gasteiger partial charge in [-0.1, -0.05) is 43.7 Å². The molecular formula is C13H18N2. The first-order chi connectivity index (χ1) is 7.36. The maximum atomic E-state index is 3.94. The van der Waals surface area contributed by atoms with E-state index in [1.165, 1.54) is 16.7 Å². The number of aromatic amines is 1. The molecule has 2 rings (SSSR count). The van der Waals surface area contributed by atoms with Gasteiger partial charge in [0.1, 0.15) is 0 Å². The molecule has 0 aliphatic heterocycles. The van der Waals surface area contributed by atoms with Crippen molar-refractivity contribution in [3.63, 3.8) is 0 Å². The van der Waals surface area contributed by atoms with Crippen molar-refractivity contribution in [1.29, 1.82) is 0 Å². The summed E-state index contributed by atoms with van der Waals surface area (Å²) in [5.74, 6) is 0. The lowest BCUT2D eigenvalue weighted by Gasteiger charge is -1.96. The monoisotopic (exact) mass is 202 g/mol. The van der Waals surface area contributed by atoms with Crippen LogP contribution in [0, 0.1) is 0 Å². The van der Waals surface area contributed by atoms with Gasteiger partial charge in [-0.3, -0.25) is 5.10 Å². The molecule has 2 nitrogen and oxygen atoms in total. The highest BCUT2D eigenvalue weighted by molar-refractivity contribution is 5.68. The van der Waals surface area contributed by atoms with E-state index >= 15 is 0 Å². The van der Waals surface area contributed by atoms with Gasteiger partial charge in [-0.15, -0.1) is 0 Å². The van der Waals surface area contributed by atoms with Crippen LogP contribution in [0.5, 0.6) is 0 Å². The Labute approximate surface area is 91.4 Å². The Balaban J connectivity index is 0.000000531. The summed E-state index contributed by atoms with van der Waals surface area (Å²) in [6.07, 6.45) is 13.4. The summed E-state index contributed by atoms with van der Waals surface area (Å²) < 4.78 is 0. The zero-order chi connectivity index (χ0) is 11.1. The van der Waals surface area contributed by atoms with Gasteiger partial charge >= 0.3 is 0 Å². The van der Waals surface area contributed by atoms with Gasteiger partial charge in [-0.2, -0.15) is 5.10 Å². The van der Waals surface area contributed by atoms with Crippen molar-refractivity contribution in [2.45, 2.75) is 27.2 Å². The average Bonchev–Trinajstić information content (AvgIpc) is 2.72. The first kappa shape index (κ1) is 11.5. The molecule has 80 valence electrons. The molecule has 0 saturated heterocycles. The van der Waals surface area contributed by atoms with Crippen LogP contribution in [0.25, 0.3) is 5.57 Å². The molecule has 1 N–H and O–H groups in total. The van der Waals surface area contributed by atoms with Crippen LogP contribution in [-0.4, -0.2) is 10.2 Å². The SMILES string of the molecule is CC.CC1=CC=C(c2cn[nH]c2)CC=C1. The highest BCUT2D eigenvalue weighted by Gasteiger charge is 2.01. The molecule has 0 radical (unpaired) electrons. The van der Waals surface area contributed by atoms with Crippen LogP contribution >= 0.6 is 0 Å². The fraction of sp³-hybridized carbons (Fsp3) is 0.308. The number of nitrogens with one attached hydrogen (secondary N) is 1. The molecule has 15 heavy (non-hydrogen) atoms. The second kappa shape index (κ2) is 6.02. The van der Waals surface area contributed by atoms with Crippen LogP contribution in [0.4, 0.5) is 0 Å².